The second kappa shape index (κ2) is 4.33. The lowest BCUT2D eigenvalue weighted by Gasteiger charge is -2.09. The molecule has 1 aromatic heterocycles. The van der Waals surface area contributed by atoms with Crippen molar-refractivity contribution in [3.63, 3.8) is 0 Å². The van der Waals surface area contributed by atoms with Crippen LogP contribution in [0.25, 0.3) is 10.8 Å². The number of benzene rings is 1. The van der Waals surface area contributed by atoms with Crippen molar-refractivity contribution in [2.75, 3.05) is 11.5 Å². The first-order chi connectivity index (χ1) is 8.06. The molecule has 17 heavy (non-hydrogen) atoms. The van der Waals surface area contributed by atoms with Gasteiger partial charge in [0.1, 0.15) is 0 Å². The van der Waals surface area contributed by atoms with E-state index < -0.39 is 9.84 Å². The highest BCUT2D eigenvalue weighted by Gasteiger charge is 2.17. The SMILES string of the molecule is CCCS(=O)(=O)c1ccc2cnccc2c1N. The van der Waals surface area contributed by atoms with Crippen molar-refractivity contribution in [1.82, 2.24) is 4.98 Å². The summed E-state index contributed by atoms with van der Waals surface area (Å²) in [6, 6.07) is 5.03. The number of nitrogens with zero attached hydrogens (tertiary/aromatic N) is 1. The van der Waals surface area contributed by atoms with Gasteiger partial charge in [-0.1, -0.05) is 13.0 Å². The van der Waals surface area contributed by atoms with Crippen LogP contribution < -0.4 is 5.73 Å². The number of nitrogens with two attached hydrogens (primary N) is 1. The summed E-state index contributed by atoms with van der Waals surface area (Å²) in [4.78, 5) is 4.20. The van der Waals surface area contributed by atoms with Crippen LogP contribution >= 0.6 is 0 Å². The number of sulfone groups is 1. The molecule has 0 saturated heterocycles. The minimum atomic E-state index is -3.28. The monoisotopic (exact) mass is 250 g/mol. The second-order valence-corrected chi connectivity index (χ2v) is 5.97. The van der Waals surface area contributed by atoms with Crippen LogP contribution in [0, 0.1) is 0 Å². The Labute approximate surface area is 100 Å². The van der Waals surface area contributed by atoms with Gasteiger partial charge in [-0.3, -0.25) is 4.98 Å². The predicted octanol–water partition coefficient (Wildman–Crippen LogP) is 2.00. The molecule has 0 aliphatic carbocycles. The van der Waals surface area contributed by atoms with E-state index in [0.717, 1.165) is 10.8 Å². The lowest BCUT2D eigenvalue weighted by molar-refractivity contribution is 0.595. The molecule has 0 bridgehead atoms. The third kappa shape index (κ3) is 2.10. The molecule has 5 heteroatoms. The van der Waals surface area contributed by atoms with Gasteiger partial charge in [0.25, 0.3) is 0 Å². The van der Waals surface area contributed by atoms with E-state index in [1.54, 1.807) is 30.6 Å². The van der Waals surface area contributed by atoms with Crippen molar-refractivity contribution in [2.45, 2.75) is 18.2 Å². The molecule has 0 saturated carbocycles. The van der Waals surface area contributed by atoms with Gasteiger partial charge in [-0.15, -0.1) is 0 Å². The van der Waals surface area contributed by atoms with Crippen molar-refractivity contribution in [2.24, 2.45) is 0 Å². The lowest BCUT2D eigenvalue weighted by atomic mass is 10.1. The maximum absolute atomic E-state index is 12.0. The van der Waals surface area contributed by atoms with E-state index in [4.69, 9.17) is 5.73 Å². The van der Waals surface area contributed by atoms with Gasteiger partial charge in [0.05, 0.1) is 16.3 Å². The van der Waals surface area contributed by atoms with Gasteiger partial charge in [-0.25, -0.2) is 8.42 Å². The smallest absolute Gasteiger partial charge is 0.180 e. The van der Waals surface area contributed by atoms with Crippen molar-refractivity contribution >= 4 is 26.3 Å². The van der Waals surface area contributed by atoms with E-state index in [0.29, 0.717) is 12.1 Å². The Kier molecular flexibility index (Phi) is 3.02. The third-order valence-corrected chi connectivity index (χ3v) is 4.60. The first kappa shape index (κ1) is 11.9. The molecule has 2 rings (SSSR count). The number of nitrogen functional groups attached to an aromatic ring is 1. The average Bonchev–Trinajstić information content (AvgIpc) is 2.29. The van der Waals surface area contributed by atoms with Gasteiger partial charge in [0, 0.05) is 23.2 Å². The molecule has 0 amide bonds. The van der Waals surface area contributed by atoms with E-state index in [9.17, 15) is 8.42 Å². The number of hydrogen-bond donors (Lipinski definition) is 1. The van der Waals surface area contributed by atoms with Crippen LogP contribution in [0.3, 0.4) is 0 Å². The largest absolute Gasteiger partial charge is 0.397 e. The number of aromatic nitrogens is 1. The summed E-state index contributed by atoms with van der Waals surface area (Å²) in [6.07, 6.45) is 3.85. The first-order valence-electron chi connectivity index (χ1n) is 5.41. The summed E-state index contributed by atoms with van der Waals surface area (Å²) < 4.78 is 24.0. The normalized spacial score (nSPS) is 11.8. The topological polar surface area (TPSA) is 73.0 Å². The summed E-state index contributed by atoms with van der Waals surface area (Å²) in [5, 5.41) is 1.58. The molecule has 0 aliphatic rings. The van der Waals surface area contributed by atoms with Gasteiger partial charge in [0.15, 0.2) is 9.84 Å². The fourth-order valence-electron chi connectivity index (χ4n) is 1.82. The molecular formula is C12H14N2O2S. The third-order valence-electron chi connectivity index (χ3n) is 2.63. The Bertz CT molecular complexity index is 651. The fourth-order valence-corrected chi connectivity index (χ4v) is 3.30. The van der Waals surface area contributed by atoms with Crippen molar-refractivity contribution in [3.8, 4) is 0 Å². The van der Waals surface area contributed by atoms with E-state index in [1.807, 2.05) is 6.92 Å². The molecule has 0 aliphatic heterocycles. The van der Waals surface area contributed by atoms with E-state index in [-0.39, 0.29) is 10.6 Å². The summed E-state index contributed by atoms with van der Waals surface area (Å²) in [6.45, 7) is 1.83. The number of rotatable bonds is 3. The highest BCUT2D eigenvalue weighted by Crippen LogP contribution is 2.28. The Balaban J connectivity index is 2.69. The van der Waals surface area contributed by atoms with Gasteiger partial charge in [-0.05, 0) is 18.6 Å². The fraction of sp³-hybridized carbons (Fsp3) is 0.250. The van der Waals surface area contributed by atoms with Gasteiger partial charge >= 0.3 is 0 Å². The number of pyridine rings is 1. The van der Waals surface area contributed by atoms with Gasteiger partial charge in [-0.2, -0.15) is 0 Å². The number of fused-ring (bicyclic) bond motifs is 1. The molecule has 1 aromatic carbocycles. The second-order valence-electron chi connectivity index (χ2n) is 3.89. The summed E-state index contributed by atoms with van der Waals surface area (Å²) in [5.74, 6) is 0.119. The lowest BCUT2D eigenvalue weighted by Crippen LogP contribution is -2.09. The Morgan fingerprint density at radius 3 is 2.76 bits per heavy atom. The molecule has 0 spiro atoms. The van der Waals surface area contributed by atoms with E-state index >= 15 is 0 Å². The Morgan fingerprint density at radius 2 is 2.06 bits per heavy atom. The molecule has 0 unspecified atom stereocenters. The minimum absolute atomic E-state index is 0.119. The molecule has 90 valence electrons. The van der Waals surface area contributed by atoms with Crippen LogP contribution in [0.2, 0.25) is 0 Å². The van der Waals surface area contributed by atoms with E-state index in [1.165, 1.54) is 0 Å². The van der Waals surface area contributed by atoms with Crippen LogP contribution in [0.1, 0.15) is 13.3 Å². The Hall–Kier alpha value is -1.62. The summed E-state index contributed by atoms with van der Waals surface area (Å²) >= 11 is 0. The predicted molar refractivity (Wildman–Crippen MR) is 68.5 cm³/mol. The molecule has 0 fully saturated rings. The van der Waals surface area contributed by atoms with E-state index in [2.05, 4.69) is 4.98 Å². The number of hydrogen-bond acceptors (Lipinski definition) is 4. The maximum Gasteiger partial charge on any atom is 0.180 e. The van der Waals surface area contributed by atoms with Crippen LogP contribution in [0.15, 0.2) is 35.5 Å². The maximum atomic E-state index is 12.0. The van der Waals surface area contributed by atoms with Crippen molar-refractivity contribution in [1.29, 1.82) is 0 Å². The van der Waals surface area contributed by atoms with Crippen molar-refractivity contribution < 1.29 is 8.42 Å². The zero-order chi connectivity index (χ0) is 12.5. The standard InChI is InChI=1S/C12H14N2O2S/c1-2-7-17(15,16)11-4-3-9-8-14-6-5-10(9)12(11)13/h3-6,8H,2,7,13H2,1H3. The van der Waals surface area contributed by atoms with Crippen LogP contribution in [0.5, 0.6) is 0 Å². The molecule has 2 aromatic rings. The molecular weight excluding hydrogens is 236 g/mol. The zero-order valence-corrected chi connectivity index (χ0v) is 10.4. The minimum Gasteiger partial charge on any atom is -0.397 e. The highest BCUT2D eigenvalue weighted by molar-refractivity contribution is 7.91. The molecule has 0 radical (unpaired) electrons. The van der Waals surface area contributed by atoms with Gasteiger partial charge in [0.2, 0.25) is 0 Å². The van der Waals surface area contributed by atoms with Crippen molar-refractivity contribution in [3.05, 3.63) is 30.6 Å². The van der Waals surface area contributed by atoms with Crippen LogP contribution in [-0.2, 0) is 9.84 Å². The highest BCUT2D eigenvalue weighted by atomic mass is 32.2. The Morgan fingerprint density at radius 1 is 1.29 bits per heavy atom. The summed E-state index contributed by atoms with van der Waals surface area (Å²) in [5.41, 5.74) is 6.25. The number of anilines is 1. The quantitative estimate of drug-likeness (QED) is 0.846. The molecule has 2 N–H and O–H groups in total. The molecule has 4 nitrogen and oxygen atoms in total. The summed E-state index contributed by atoms with van der Waals surface area (Å²) in [7, 11) is -3.28. The van der Waals surface area contributed by atoms with Gasteiger partial charge < -0.3 is 5.73 Å². The first-order valence-corrected chi connectivity index (χ1v) is 7.06. The molecule has 1 heterocycles. The average molecular weight is 250 g/mol. The van der Waals surface area contributed by atoms with Crippen LogP contribution in [0.4, 0.5) is 5.69 Å². The van der Waals surface area contributed by atoms with Crippen LogP contribution in [-0.4, -0.2) is 19.2 Å². The zero-order valence-electron chi connectivity index (χ0n) is 9.55. The molecule has 0 atom stereocenters.